The molecule has 1 aromatic heterocycles. The first-order valence-electron chi connectivity index (χ1n) is 9.20. The van der Waals surface area contributed by atoms with Crippen LogP contribution in [0.2, 0.25) is 0 Å². The SMILES string of the molecule is CCCCCCCCC(CCCCCC)Cn1ccnn1. The summed E-state index contributed by atoms with van der Waals surface area (Å²) in [5.41, 5.74) is 0. The van der Waals surface area contributed by atoms with Crippen LogP contribution in [0.1, 0.15) is 90.9 Å². The normalized spacial score (nSPS) is 12.7. The van der Waals surface area contributed by atoms with Crippen molar-refractivity contribution in [1.82, 2.24) is 15.0 Å². The van der Waals surface area contributed by atoms with Gasteiger partial charge in [0.05, 0.1) is 6.20 Å². The summed E-state index contributed by atoms with van der Waals surface area (Å²) in [5.74, 6) is 0.787. The Bertz CT molecular complexity index is 308. The molecule has 0 bridgehead atoms. The van der Waals surface area contributed by atoms with Gasteiger partial charge in [0.15, 0.2) is 0 Å². The van der Waals surface area contributed by atoms with E-state index in [9.17, 15) is 0 Å². The molecule has 1 aromatic rings. The molecule has 0 aliphatic carbocycles. The van der Waals surface area contributed by atoms with Crippen LogP contribution < -0.4 is 0 Å². The van der Waals surface area contributed by atoms with E-state index >= 15 is 0 Å². The van der Waals surface area contributed by atoms with Crippen molar-refractivity contribution >= 4 is 0 Å². The fourth-order valence-electron chi connectivity index (χ4n) is 2.99. The summed E-state index contributed by atoms with van der Waals surface area (Å²) < 4.78 is 2.02. The van der Waals surface area contributed by atoms with Crippen LogP contribution in [0.4, 0.5) is 0 Å². The smallest absolute Gasteiger partial charge is 0.0692 e. The third kappa shape index (κ3) is 9.65. The lowest BCUT2D eigenvalue weighted by atomic mass is 9.94. The quantitative estimate of drug-likeness (QED) is 0.417. The van der Waals surface area contributed by atoms with E-state index in [1.807, 2.05) is 10.9 Å². The molecule has 3 nitrogen and oxygen atoms in total. The standard InChI is InChI=1S/C18H35N3/c1-3-5-7-9-10-12-14-18(13-11-8-6-4-2)17-21-16-15-19-20-21/h15-16,18H,3-14,17H2,1-2H3. The molecule has 0 fully saturated rings. The second kappa shape index (κ2) is 12.8. The van der Waals surface area contributed by atoms with E-state index in [0.717, 1.165) is 12.5 Å². The number of unbranched alkanes of at least 4 members (excludes halogenated alkanes) is 8. The molecule has 0 radical (unpaired) electrons. The van der Waals surface area contributed by atoms with Gasteiger partial charge < -0.3 is 0 Å². The topological polar surface area (TPSA) is 30.7 Å². The third-order valence-corrected chi connectivity index (χ3v) is 4.35. The summed E-state index contributed by atoms with van der Waals surface area (Å²) in [4.78, 5) is 0. The van der Waals surface area contributed by atoms with Gasteiger partial charge in [-0.25, -0.2) is 0 Å². The minimum Gasteiger partial charge on any atom is -0.252 e. The van der Waals surface area contributed by atoms with Gasteiger partial charge in [0, 0.05) is 12.7 Å². The van der Waals surface area contributed by atoms with Gasteiger partial charge in [0.25, 0.3) is 0 Å². The summed E-state index contributed by atoms with van der Waals surface area (Å²) in [6, 6.07) is 0. The molecule has 0 saturated carbocycles. The van der Waals surface area contributed by atoms with E-state index in [-0.39, 0.29) is 0 Å². The molecule has 0 N–H and O–H groups in total. The lowest BCUT2D eigenvalue weighted by molar-refractivity contribution is 0.340. The zero-order valence-corrected chi connectivity index (χ0v) is 14.3. The van der Waals surface area contributed by atoms with Crippen LogP contribution in [0.15, 0.2) is 12.4 Å². The summed E-state index contributed by atoms with van der Waals surface area (Å²) in [5, 5.41) is 8.06. The summed E-state index contributed by atoms with van der Waals surface area (Å²) in [6.45, 7) is 5.62. The molecule has 21 heavy (non-hydrogen) atoms. The second-order valence-electron chi connectivity index (χ2n) is 6.40. The van der Waals surface area contributed by atoms with E-state index in [1.54, 1.807) is 6.20 Å². The molecule has 1 heterocycles. The highest BCUT2D eigenvalue weighted by Crippen LogP contribution is 2.20. The van der Waals surface area contributed by atoms with Crippen LogP contribution >= 0.6 is 0 Å². The lowest BCUT2D eigenvalue weighted by Crippen LogP contribution is -2.12. The Morgan fingerprint density at radius 2 is 1.38 bits per heavy atom. The molecule has 0 spiro atoms. The average Bonchev–Trinajstić information content (AvgIpc) is 2.99. The van der Waals surface area contributed by atoms with Crippen LogP contribution in [0.3, 0.4) is 0 Å². The van der Waals surface area contributed by atoms with E-state index in [1.165, 1.54) is 77.0 Å². The molecule has 0 amide bonds. The molecule has 1 unspecified atom stereocenters. The fraction of sp³-hybridized carbons (Fsp3) is 0.889. The number of aromatic nitrogens is 3. The van der Waals surface area contributed by atoms with E-state index in [0.29, 0.717) is 0 Å². The van der Waals surface area contributed by atoms with Gasteiger partial charge in [-0.3, -0.25) is 4.68 Å². The minimum absolute atomic E-state index is 0.787. The largest absolute Gasteiger partial charge is 0.252 e. The first-order valence-corrected chi connectivity index (χ1v) is 9.20. The monoisotopic (exact) mass is 293 g/mol. The van der Waals surface area contributed by atoms with Crippen LogP contribution in [0.25, 0.3) is 0 Å². The summed E-state index contributed by atoms with van der Waals surface area (Å²) in [7, 11) is 0. The van der Waals surface area contributed by atoms with Crippen molar-refractivity contribution in [3.63, 3.8) is 0 Å². The molecule has 0 aliphatic rings. The van der Waals surface area contributed by atoms with Gasteiger partial charge in [-0.05, 0) is 18.8 Å². The number of nitrogens with zero attached hydrogens (tertiary/aromatic N) is 3. The van der Waals surface area contributed by atoms with Crippen molar-refractivity contribution in [3.05, 3.63) is 12.4 Å². The van der Waals surface area contributed by atoms with Crippen LogP contribution in [-0.4, -0.2) is 15.0 Å². The predicted octanol–water partition coefficient (Wildman–Crippen LogP) is 5.62. The highest BCUT2D eigenvalue weighted by atomic mass is 15.4. The molecule has 122 valence electrons. The third-order valence-electron chi connectivity index (χ3n) is 4.35. The molecular formula is C18H35N3. The van der Waals surface area contributed by atoms with Gasteiger partial charge in [-0.1, -0.05) is 83.3 Å². The maximum atomic E-state index is 4.14. The molecule has 1 atom stereocenters. The van der Waals surface area contributed by atoms with Crippen molar-refractivity contribution in [2.75, 3.05) is 0 Å². The Kier molecular flexibility index (Phi) is 11.1. The van der Waals surface area contributed by atoms with Crippen molar-refractivity contribution in [2.45, 2.75) is 97.4 Å². The van der Waals surface area contributed by atoms with Gasteiger partial charge >= 0.3 is 0 Å². The van der Waals surface area contributed by atoms with Gasteiger partial charge in [-0.2, -0.15) is 0 Å². The van der Waals surface area contributed by atoms with Crippen LogP contribution in [-0.2, 0) is 6.54 Å². The summed E-state index contributed by atoms with van der Waals surface area (Å²) >= 11 is 0. The van der Waals surface area contributed by atoms with Crippen molar-refractivity contribution < 1.29 is 0 Å². The highest BCUT2D eigenvalue weighted by molar-refractivity contribution is 4.68. The van der Waals surface area contributed by atoms with E-state index in [2.05, 4.69) is 24.2 Å². The predicted molar refractivity (Wildman–Crippen MR) is 90.3 cm³/mol. The van der Waals surface area contributed by atoms with Gasteiger partial charge in [0.1, 0.15) is 0 Å². The Labute approximate surface area is 131 Å². The summed E-state index contributed by atoms with van der Waals surface area (Å²) in [6.07, 6.45) is 20.3. The zero-order valence-electron chi connectivity index (χ0n) is 14.3. The number of hydrogen-bond acceptors (Lipinski definition) is 2. The average molecular weight is 293 g/mol. The first-order chi connectivity index (χ1) is 10.4. The van der Waals surface area contributed by atoms with E-state index < -0.39 is 0 Å². The minimum atomic E-state index is 0.787. The first kappa shape index (κ1) is 18.2. The van der Waals surface area contributed by atoms with Gasteiger partial charge in [0.2, 0.25) is 0 Å². The molecular weight excluding hydrogens is 258 g/mol. The molecule has 1 rings (SSSR count). The maximum Gasteiger partial charge on any atom is 0.0692 e. The number of hydrogen-bond donors (Lipinski definition) is 0. The Morgan fingerprint density at radius 3 is 1.95 bits per heavy atom. The second-order valence-corrected chi connectivity index (χ2v) is 6.40. The fourth-order valence-corrected chi connectivity index (χ4v) is 2.99. The zero-order chi connectivity index (χ0) is 15.2. The maximum absolute atomic E-state index is 4.14. The Hall–Kier alpha value is -0.860. The molecule has 3 heteroatoms. The lowest BCUT2D eigenvalue weighted by Gasteiger charge is -2.16. The van der Waals surface area contributed by atoms with Crippen molar-refractivity contribution in [1.29, 1.82) is 0 Å². The Balaban J connectivity index is 2.19. The Morgan fingerprint density at radius 1 is 0.810 bits per heavy atom. The molecule has 0 aromatic carbocycles. The van der Waals surface area contributed by atoms with Crippen LogP contribution in [0.5, 0.6) is 0 Å². The van der Waals surface area contributed by atoms with Crippen molar-refractivity contribution in [2.24, 2.45) is 5.92 Å². The van der Waals surface area contributed by atoms with Crippen LogP contribution in [0, 0.1) is 5.92 Å². The molecule has 0 aliphatic heterocycles. The van der Waals surface area contributed by atoms with Gasteiger partial charge in [-0.15, -0.1) is 5.10 Å². The van der Waals surface area contributed by atoms with Crippen molar-refractivity contribution in [3.8, 4) is 0 Å². The number of rotatable bonds is 14. The highest BCUT2D eigenvalue weighted by Gasteiger charge is 2.10. The molecule has 0 saturated heterocycles. The van der Waals surface area contributed by atoms with E-state index in [4.69, 9.17) is 0 Å².